The summed E-state index contributed by atoms with van der Waals surface area (Å²) in [5, 5.41) is 21.8. The Labute approximate surface area is 141 Å². The molecule has 0 unspecified atom stereocenters. The molecule has 24 heavy (non-hydrogen) atoms. The second-order valence-electron chi connectivity index (χ2n) is 5.43. The number of carbonyl (C=O) groups is 1. The van der Waals surface area contributed by atoms with E-state index in [-0.39, 0.29) is 17.4 Å². The van der Waals surface area contributed by atoms with Crippen LogP contribution in [0, 0.1) is 6.92 Å². The average molecular weight is 327 g/mol. The normalized spacial score (nSPS) is 10.8. The number of ether oxygens (including phenoxy) is 1. The molecule has 2 aromatic carbocycles. The second kappa shape index (κ2) is 8.06. The van der Waals surface area contributed by atoms with Crippen molar-refractivity contribution in [2.45, 2.75) is 13.3 Å². The second-order valence-corrected chi connectivity index (χ2v) is 5.43. The van der Waals surface area contributed by atoms with Gasteiger partial charge in [-0.3, -0.25) is 4.79 Å². The highest BCUT2D eigenvalue weighted by molar-refractivity contribution is 5.91. The van der Waals surface area contributed by atoms with Gasteiger partial charge in [0.15, 0.2) is 11.5 Å². The maximum atomic E-state index is 11.8. The molecule has 0 atom stereocenters. The molecule has 2 rings (SSSR count). The number of benzene rings is 2. The van der Waals surface area contributed by atoms with Crippen molar-refractivity contribution in [3.05, 3.63) is 59.2 Å². The Balaban J connectivity index is 1.89. The lowest BCUT2D eigenvalue weighted by Gasteiger charge is -2.07. The van der Waals surface area contributed by atoms with E-state index in [1.54, 1.807) is 37.3 Å². The minimum atomic E-state index is -0.196. The summed E-state index contributed by atoms with van der Waals surface area (Å²) in [4.78, 5) is 11.8. The van der Waals surface area contributed by atoms with E-state index in [4.69, 9.17) is 4.74 Å². The molecule has 0 aliphatic heterocycles. The van der Waals surface area contributed by atoms with Crippen LogP contribution < -0.4 is 10.1 Å². The Kier molecular flexibility index (Phi) is 5.84. The van der Waals surface area contributed by atoms with Gasteiger partial charge in [0.2, 0.25) is 5.91 Å². The number of aromatic hydroxyl groups is 2. The van der Waals surface area contributed by atoms with E-state index in [0.717, 1.165) is 11.1 Å². The van der Waals surface area contributed by atoms with Gasteiger partial charge in [-0.25, -0.2) is 0 Å². The zero-order valence-corrected chi connectivity index (χ0v) is 13.7. The Morgan fingerprint density at radius 3 is 2.58 bits per heavy atom. The number of methoxy groups -OCH3 is 1. The first-order valence-electron chi connectivity index (χ1n) is 7.61. The summed E-state index contributed by atoms with van der Waals surface area (Å²) in [5.74, 6) is 0.513. The van der Waals surface area contributed by atoms with Gasteiger partial charge >= 0.3 is 0 Å². The summed E-state index contributed by atoms with van der Waals surface area (Å²) in [7, 11) is 1.48. The van der Waals surface area contributed by atoms with Gasteiger partial charge in [-0.05, 0) is 60.4 Å². The molecule has 0 aliphatic carbocycles. The number of phenols is 2. The van der Waals surface area contributed by atoms with E-state index in [2.05, 4.69) is 5.32 Å². The fourth-order valence-corrected chi connectivity index (χ4v) is 2.25. The minimum Gasteiger partial charge on any atom is -0.508 e. The van der Waals surface area contributed by atoms with Gasteiger partial charge in [0, 0.05) is 12.6 Å². The van der Waals surface area contributed by atoms with Crippen LogP contribution in [0.1, 0.15) is 16.7 Å². The Bertz CT molecular complexity index is 736. The number of carbonyl (C=O) groups excluding carboxylic acids is 1. The molecule has 0 aromatic heterocycles. The molecule has 5 heteroatoms. The first kappa shape index (κ1) is 17.4. The van der Waals surface area contributed by atoms with Crippen LogP contribution in [0.5, 0.6) is 17.2 Å². The number of rotatable bonds is 6. The Morgan fingerprint density at radius 1 is 1.21 bits per heavy atom. The van der Waals surface area contributed by atoms with Crippen molar-refractivity contribution >= 4 is 12.0 Å². The molecule has 2 aromatic rings. The smallest absolute Gasteiger partial charge is 0.244 e. The summed E-state index contributed by atoms with van der Waals surface area (Å²) in [6.45, 7) is 2.28. The van der Waals surface area contributed by atoms with Crippen LogP contribution in [-0.2, 0) is 11.2 Å². The van der Waals surface area contributed by atoms with Gasteiger partial charge in [0.05, 0.1) is 7.11 Å². The van der Waals surface area contributed by atoms with Crippen LogP contribution in [0.2, 0.25) is 0 Å². The summed E-state index contributed by atoms with van der Waals surface area (Å²) in [5.41, 5.74) is 2.49. The molecular weight excluding hydrogens is 306 g/mol. The monoisotopic (exact) mass is 327 g/mol. The molecule has 0 saturated heterocycles. The highest BCUT2D eigenvalue weighted by Gasteiger charge is 2.06. The van der Waals surface area contributed by atoms with E-state index in [0.29, 0.717) is 24.3 Å². The zero-order valence-electron chi connectivity index (χ0n) is 13.7. The van der Waals surface area contributed by atoms with Crippen molar-refractivity contribution in [3.63, 3.8) is 0 Å². The molecule has 5 nitrogen and oxygen atoms in total. The van der Waals surface area contributed by atoms with Crippen LogP contribution in [0.25, 0.3) is 6.08 Å². The minimum absolute atomic E-state index is 0.105. The predicted molar refractivity (Wildman–Crippen MR) is 93.3 cm³/mol. The van der Waals surface area contributed by atoms with Crippen molar-refractivity contribution in [1.82, 2.24) is 5.32 Å². The lowest BCUT2D eigenvalue weighted by atomic mass is 10.1. The molecule has 126 valence electrons. The van der Waals surface area contributed by atoms with Crippen molar-refractivity contribution in [1.29, 1.82) is 0 Å². The van der Waals surface area contributed by atoms with Crippen molar-refractivity contribution in [3.8, 4) is 17.2 Å². The molecule has 3 N–H and O–H groups in total. The van der Waals surface area contributed by atoms with Crippen LogP contribution in [-0.4, -0.2) is 29.8 Å². The number of hydrogen-bond donors (Lipinski definition) is 3. The van der Waals surface area contributed by atoms with Gasteiger partial charge in [-0.15, -0.1) is 0 Å². The molecule has 1 amide bonds. The third-order valence-corrected chi connectivity index (χ3v) is 3.58. The van der Waals surface area contributed by atoms with Gasteiger partial charge < -0.3 is 20.3 Å². The summed E-state index contributed by atoms with van der Waals surface area (Å²) < 4.78 is 5.09. The third kappa shape index (κ3) is 4.78. The topological polar surface area (TPSA) is 78.8 Å². The van der Waals surface area contributed by atoms with Gasteiger partial charge in [-0.1, -0.05) is 12.1 Å². The Hall–Kier alpha value is -2.95. The number of hydrogen-bond acceptors (Lipinski definition) is 4. The maximum Gasteiger partial charge on any atom is 0.244 e. The maximum absolute atomic E-state index is 11.8. The van der Waals surface area contributed by atoms with Crippen LogP contribution in [0.3, 0.4) is 0 Å². The SMILES string of the molecule is COc1cc(/C=C/C(=O)NCCc2ccc(O)cc2)cc(C)c1O. The standard InChI is InChI=1S/C19H21NO4/c1-13-11-15(12-17(24-2)19(13)23)5-8-18(22)20-10-9-14-3-6-16(21)7-4-14/h3-8,11-12,21,23H,9-10H2,1-2H3,(H,20,22)/b8-5+. The number of nitrogens with one attached hydrogen (secondary N) is 1. The molecule has 0 radical (unpaired) electrons. The third-order valence-electron chi connectivity index (χ3n) is 3.58. The van der Waals surface area contributed by atoms with Crippen molar-refractivity contribution < 1.29 is 19.7 Å². The fourth-order valence-electron chi connectivity index (χ4n) is 2.25. The number of amides is 1. The van der Waals surface area contributed by atoms with Crippen LogP contribution in [0.15, 0.2) is 42.5 Å². The van der Waals surface area contributed by atoms with E-state index >= 15 is 0 Å². The summed E-state index contributed by atoms with van der Waals surface area (Å²) >= 11 is 0. The number of phenolic OH excluding ortho intramolecular Hbond substituents is 2. The van der Waals surface area contributed by atoms with E-state index in [1.807, 2.05) is 12.1 Å². The highest BCUT2D eigenvalue weighted by Crippen LogP contribution is 2.31. The molecule has 0 saturated carbocycles. The molecule has 0 heterocycles. The summed E-state index contributed by atoms with van der Waals surface area (Å²) in [6, 6.07) is 10.3. The van der Waals surface area contributed by atoms with Crippen LogP contribution in [0.4, 0.5) is 0 Å². The van der Waals surface area contributed by atoms with Crippen molar-refractivity contribution in [2.24, 2.45) is 0 Å². The van der Waals surface area contributed by atoms with E-state index in [9.17, 15) is 15.0 Å². The average Bonchev–Trinajstić information content (AvgIpc) is 2.57. The lowest BCUT2D eigenvalue weighted by molar-refractivity contribution is -0.116. The highest BCUT2D eigenvalue weighted by atomic mass is 16.5. The first-order valence-corrected chi connectivity index (χ1v) is 7.61. The quantitative estimate of drug-likeness (QED) is 0.713. The number of aryl methyl sites for hydroxylation is 1. The zero-order chi connectivity index (χ0) is 17.5. The molecular formula is C19H21NO4. The van der Waals surface area contributed by atoms with Crippen molar-refractivity contribution in [2.75, 3.05) is 13.7 Å². The predicted octanol–water partition coefficient (Wildman–Crippen LogP) is 2.79. The molecule has 0 aliphatic rings. The summed E-state index contributed by atoms with van der Waals surface area (Å²) in [6.07, 6.45) is 3.80. The molecule has 0 fully saturated rings. The van der Waals surface area contributed by atoms with Crippen LogP contribution >= 0.6 is 0 Å². The lowest BCUT2D eigenvalue weighted by Crippen LogP contribution is -2.23. The molecule has 0 spiro atoms. The van der Waals surface area contributed by atoms with E-state index < -0.39 is 0 Å². The largest absolute Gasteiger partial charge is 0.508 e. The van der Waals surface area contributed by atoms with Gasteiger partial charge in [0.1, 0.15) is 5.75 Å². The van der Waals surface area contributed by atoms with Gasteiger partial charge in [0.25, 0.3) is 0 Å². The Morgan fingerprint density at radius 2 is 1.92 bits per heavy atom. The first-order chi connectivity index (χ1) is 11.5. The van der Waals surface area contributed by atoms with E-state index in [1.165, 1.54) is 13.2 Å². The fraction of sp³-hybridized carbons (Fsp3) is 0.211. The molecule has 0 bridgehead atoms. The van der Waals surface area contributed by atoms with Gasteiger partial charge in [-0.2, -0.15) is 0 Å².